The molecule has 2 aliphatic rings. The summed E-state index contributed by atoms with van der Waals surface area (Å²) in [7, 11) is 2.12. The van der Waals surface area contributed by atoms with E-state index in [4.69, 9.17) is 16.3 Å². The Morgan fingerprint density at radius 1 is 1.29 bits per heavy atom. The molecule has 0 aliphatic carbocycles. The first-order chi connectivity index (χ1) is 10.0. The molecule has 1 aromatic carbocycles. The van der Waals surface area contributed by atoms with E-state index >= 15 is 0 Å². The highest BCUT2D eigenvalue weighted by molar-refractivity contribution is 6.31. The minimum absolute atomic E-state index is 0.0854. The quantitative estimate of drug-likeness (QED) is 0.796. The maximum atomic E-state index is 12.9. The van der Waals surface area contributed by atoms with Gasteiger partial charge in [0.05, 0.1) is 19.3 Å². The first-order valence-electron chi connectivity index (χ1n) is 7.38. The van der Waals surface area contributed by atoms with Crippen LogP contribution in [0.4, 0.5) is 0 Å². The van der Waals surface area contributed by atoms with Crippen molar-refractivity contribution in [2.75, 3.05) is 39.9 Å². The first-order valence-corrected chi connectivity index (χ1v) is 7.76. The summed E-state index contributed by atoms with van der Waals surface area (Å²) < 4.78 is 5.71. The molecule has 2 fully saturated rings. The Hall–Kier alpha value is -1.10. The molecule has 2 heterocycles. The van der Waals surface area contributed by atoms with Gasteiger partial charge in [0.15, 0.2) is 0 Å². The maximum absolute atomic E-state index is 12.9. The third-order valence-electron chi connectivity index (χ3n) is 4.46. The van der Waals surface area contributed by atoms with Crippen molar-refractivity contribution in [2.45, 2.75) is 13.0 Å². The predicted molar refractivity (Wildman–Crippen MR) is 82.8 cm³/mol. The molecule has 4 nitrogen and oxygen atoms in total. The van der Waals surface area contributed by atoms with Gasteiger partial charge in [0, 0.05) is 36.1 Å². The number of likely N-dealkylation sites (N-methyl/N-ethyl adjacent to an activating group) is 1. The Labute approximate surface area is 130 Å². The molecule has 0 spiro atoms. The summed E-state index contributed by atoms with van der Waals surface area (Å²) in [6, 6.07) is 5.79. The number of rotatable bonds is 1. The minimum atomic E-state index is 0.0854. The third-order valence-corrected chi connectivity index (χ3v) is 4.70. The smallest absolute Gasteiger partial charge is 0.254 e. The van der Waals surface area contributed by atoms with Crippen LogP contribution in [0.3, 0.4) is 0 Å². The monoisotopic (exact) mass is 308 g/mol. The lowest BCUT2D eigenvalue weighted by molar-refractivity contribution is 0.0433. The van der Waals surface area contributed by atoms with E-state index in [2.05, 4.69) is 11.9 Å². The van der Waals surface area contributed by atoms with Gasteiger partial charge in [-0.1, -0.05) is 17.7 Å². The molecule has 2 aliphatic heterocycles. The molecule has 0 saturated carbocycles. The lowest BCUT2D eigenvalue weighted by Crippen LogP contribution is -2.44. The van der Waals surface area contributed by atoms with Crippen LogP contribution in [-0.4, -0.2) is 61.6 Å². The number of fused-ring (bicyclic) bond motifs is 3. The summed E-state index contributed by atoms with van der Waals surface area (Å²) in [4.78, 5) is 17.2. The fraction of sp³-hybridized carbons (Fsp3) is 0.562. The molecule has 1 aromatic rings. The number of hydrogen-bond acceptors (Lipinski definition) is 3. The van der Waals surface area contributed by atoms with Crippen LogP contribution < -0.4 is 0 Å². The summed E-state index contributed by atoms with van der Waals surface area (Å²) in [5.41, 5.74) is 1.69. The molecule has 2 atom stereocenters. The molecule has 0 aromatic heterocycles. The number of nitrogens with zero attached hydrogens (tertiary/aromatic N) is 2. The lowest BCUT2D eigenvalue weighted by atomic mass is 10.1. The number of benzene rings is 1. The van der Waals surface area contributed by atoms with Crippen LogP contribution in [0.15, 0.2) is 18.2 Å². The summed E-state index contributed by atoms with van der Waals surface area (Å²) >= 11 is 6.05. The van der Waals surface area contributed by atoms with E-state index in [9.17, 15) is 4.79 Å². The fourth-order valence-electron chi connectivity index (χ4n) is 3.21. The Bertz CT molecular complexity index is 549. The molecule has 5 heteroatoms. The van der Waals surface area contributed by atoms with Crippen LogP contribution >= 0.6 is 11.6 Å². The molecule has 21 heavy (non-hydrogen) atoms. The SMILES string of the molecule is Cc1ccc(Cl)cc1C(=O)N1C[C@@H]2COC[C@H](C1)N(C)C2. The van der Waals surface area contributed by atoms with Gasteiger partial charge in [0.1, 0.15) is 0 Å². The third kappa shape index (κ3) is 3.07. The highest BCUT2D eigenvalue weighted by Crippen LogP contribution is 2.22. The van der Waals surface area contributed by atoms with E-state index in [1.54, 1.807) is 6.07 Å². The number of aryl methyl sites for hydroxylation is 1. The highest BCUT2D eigenvalue weighted by atomic mass is 35.5. The van der Waals surface area contributed by atoms with Crippen molar-refractivity contribution in [3.8, 4) is 0 Å². The van der Waals surface area contributed by atoms with Crippen LogP contribution in [0.25, 0.3) is 0 Å². The Morgan fingerprint density at radius 3 is 2.90 bits per heavy atom. The molecule has 2 saturated heterocycles. The van der Waals surface area contributed by atoms with Crippen LogP contribution in [-0.2, 0) is 4.74 Å². The van der Waals surface area contributed by atoms with Gasteiger partial charge in [-0.3, -0.25) is 9.69 Å². The summed E-state index contributed by atoms with van der Waals surface area (Å²) in [5, 5.41) is 0.611. The maximum Gasteiger partial charge on any atom is 0.254 e. The zero-order valence-electron chi connectivity index (χ0n) is 12.5. The van der Waals surface area contributed by atoms with Gasteiger partial charge in [-0.2, -0.15) is 0 Å². The topological polar surface area (TPSA) is 32.8 Å². The van der Waals surface area contributed by atoms with Crippen molar-refractivity contribution >= 4 is 17.5 Å². The second-order valence-corrected chi connectivity index (χ2v) is 6.60. The van der Waals surface area contributed by atoms with Crippen molar-refractivity contribution in [1.82, 2.24) is 9.80 Å². The van der Waals surface area contributed by atoms with Gasteiger partial charge in [0.25, 0.3) is 5.91 Å². The molecular weight excluding hydrogens is 288 g/mol. The zero-order valence-corrected chi connectivity index (χ0v) is 13.3. The van der Waals surface area contributed by atoms with Crippen molar-refractivity contribution in [3.05, 3.63) is 34.3 Å². The average Bonchev–Trinajstić information content (AvgIpc) is 2.69. The molecule has 3 rings (SSSR count). The van der Waals surface area contributed by atoms with Crippen LogP contribution in [0.2, 0.25) is 5.02 Å². The van der Waals surface area contributed by atoms with Gasteiger partial charge < -0.3 is 9.64 Å². The molecule has 0 N–H and O–H groups in total. The van der Waals surface area contributed by atoms with Crippen molar-refractivity contribution in [2.24, 2.45) is 5.92 Å². The average molecular weight is 309 g/mol. The number of amides is 1. The zero-order chi connectivity index (χ0) is 15.0. The van der Waals surface area contributed by atoms with E-state index in [-0.39, 0.29) is 11.9 Å². The number of hydrogen-bond donors (Lipinski definition) is 0. The van der Waals surface area contributed by atoms with Crippen LogP contribution in [0.5, 0.6) is 0 Å². The Morgan fingerprint density at radius 2 is 2.10 bits per heavy atom. The van der Waals surface area contributed by atoms with E-state index in [1.165, 1.54) is 0 Å². The normalized spacial score (nSPS) is 26.5. The summed E-state index contributed by atoms with van der Waals surface area (Å²) in [6.45, 7) is 5.86. The van der Waals surface area contributed by atoms with Crippen molar-refractivity contribution in [1.29, 1.82) is 0 Å². The molecule has 1 amide bonds. The Kier molecular flexibility index (Phi) is 4.20. The van der Waals surface area contributed by atoms with E-state index in [0.29, 0.717) is 23.1 Å². The lowest BCUT2D eigenvalue weighted by Gasteiger charge is -2.30. The van der Waals surface area contributed by atoms with Gasteiger partial charge in [-0.05, 0) is 31.7 Å². The number of carbonyl (C=O) groups is 1. The second kappa shape index (κ2) is 5.95. The molecule has 0 radical (unpaired) electrons. The van der Waals surface area contributed by atoms with E-state index in [1.807, 2.05) is 24.0 Å². The Balaban J connectivity index is 1.86. The van der Waals surface area contributed by atoms with Gasteiger partial charge in [0.2, 0.25) is 0 Å². The predicted octanol–water partition coefficient (Wildman–Crippen LogP) is 2.05. The second-order valence-electron chi connectivity index (χ2n) is 6.17. The molecule has 2 bridgehead atoms. The van der Waals surface area contributed by atoms with Crippen molar-refractivity contribution in [3.63, 3.8) is 0 Å². The molecule has 0 unspecified atom stereocenters. The summed E-state index contributed by atoms with van der Waals surface area (Å²) in [6.07, 6.45) is 0. The summed E-state index contributed by atoms with van der Waals surface area (Å²) in [5.74, 6) is 0.466. The number of carbonyl (C=O) groups excluding carboxylic acids is 1. The van der Waals surface area contributed by atoms with Crippen LogP contribution in [0, 0.1) is 12.8 Å². The fourth-order valence-corrected chi connectivity index (χ4v) is 3.38. The van der Waals surface area contributed by atoms with Crippen LogP contribution in [0.1, 0.15) is 15.9 Å². The van der Waals surface area contributed by atoms with E-state index in [0.717, 1.165) is 31.8 Å². The standard InChI is InChI=1S/C16H21ClN2O2/c1-11-3-4-13(17)5-15(11)16(20)19-7-12-6-18(2)14(8-19)10-21-9-12/h3-5,12,14H,6-10H2,1-2H3/t12-,14+/m1/s1. The van der Waals surface area contributed by atoms with Crippen molar-refractivity contribution < 1.29 is 9.53 Å². The molecule has 114 valence electrons. The number of halogens is 1. The minimum Gasteiger partial charge on any atom is -0.379 e. The van der Waals surface area contributed by atoms with E-state index < -0.39 is 0 Å². The highest BCUT2D eigenvalue weighted by Gasteiger charge is 2.33. The van der Waals surface area contributed by atoms with Gasteiger partial charge in [-0.25, -0.2) is 0 Å². The number of ether oxygens (including phenoxy) is 1. The largest absolute Gasteiger partial charge is 0.379 e. The van der Waals surface area contributed by atoms with Gasteiger partial charge in [-0.15, -0.1) is 0 Å². The van der Waals surface area contributed by atoms with Gasteiger partial charge >= 0.3 is 0 Å². The first kappa shape index (κ1) is 14.8. The molecular formula is C16H21ClN2O2.